The molecule has 0 bridgehead atoms. The summed E-state index contributed by atoms with van der Waals surface area (Å²) in [6.45, 7) is 6.07. The summed E-state index contributed by atoms with van der Waals surface area (Å²) in [5.41, 5.74) is 5.14. The molecule has 0 aliphatic heterocycles. The van der Waals surface area contributed by atoms with Gasteiger partial charge in [-0.2, -0.15) is 0 Å². The minimum Gasteiger partial charge on any atom is -0.390 e. The second kappa shape index (κ2) is 11.7. The van der Waals surface area contributed by atoms with Crippen LogP contribution in [-0.2, 0) is 13.0 Å². The molecule has 0 spiro atoms. The predicted octanol–water partition coefficient (Wildman–Crippen LogP) is 5.75. The van der Waals surface area contributed by atoms with E-state index in [1.807, 2.05) is 56.3 Å². The Morgan fingerprint density at radius 1 is 1.00 bits per heavy atom. The van der Waals surface area contributed by atoms with Crippen molar-refractivity contribution in [2.45, 2.75) is 46.6 Å². The minimum atomic E-state index is -0.110. The van der Waals surface area contributed by atoms with E-state index in [1.165, 1.54) is 6.21 Å². The Balaban J connectivity index is 0.00000145. The number of anilines is 2. The van der Waals surface area contributed by atoms with Crippen molar-refractivity contribution in [3.8, 4) is 11.3 Å². The molecule has 3 N–H and O–H groups in total. The van der Waals surface area contributed by atoms with Crippen LogP contribution in [0.3, 0.4) is 0 Å². The molecule has 2 aromatic heterocycles. The molecule has 152 valence electrons. The molecule has 0 unspecified atom stereocenters. The van der Waals surface area contributed by atoms with Crippen molar-refractivity contribution >= 4 is 17.7 Å². The van der Waals surface area contributed by atoms with Gasteiger partial charge in [-0.25, -0.2) is 4.98 Å². The van der Waals surface area contributed by atoms with Gasteiger partial charge in [0.25, 0.3) is 0 Å². The first-order chi connectivity index (χ1) is 14.2. The zero-order valence-electron chi connectivity index (χ0n) is 17.4. The number of unbranched alkanes of at least 4 members (excludes halogenated alkanes) is 1. The minimum absolute atomic E-state index is 0.110. The Hall–Kier alpha value is -3.05. The zero-order valence-corrected chi connectivity index (χ0v) is 17.4. The molecule has 0 aliphatic rings. The Bertz CT molecular complexity index is 924. The first kappa shape index (κ1) is 22.2. The Morgan fingerprint density at radius 3 is 2.48 bits per heavy atom. The lowest BCUT2D eigenvalue weighted by molar-refractivity contribution is 0.277. The molecular weight excluding hydrogens is 360 g/mol. The van der Waals surface area contributed by atoms with Gasteiger partial charge in [-0.1, -0.05) is 51.5 Å². The number of nitrogens with zero attached hydrogens (tertiary/aromatic N) is 2. The maximum Gasteiger partial charge on any atom is 0.130 e. The topological polar surface area (TPSA) is 81.9 Å². The van der Waals surface area contributed by atoms with Crippen LogP contribution < -0.4 is 5.32 Å². The number of aromatic nitrogens is 2. The van der Waals surface area contributed by atoms with Crippen molar-refractivity contribution in [2.24, 2.45) is 0 Å². The van der Waals surface area contributed by atoms with E-state index < -0.39 is 0 Å². The molecule has 2 heterocycles. The van der Waals surface area contributed by atoms with E-state index in [4.69, 9.17) is 10.4 Å². The Labute approximate surface area is 173 Å². The highest BCUT2D eigenvalue weighted by molar-refractivity contribution is 5.89. The molecule has 29 heavy (non-hydrogen) atoms. The quantitative estimate of drug-likeness (QED) is 0.428. The van der Waals surface area contributed by atoms with Crippen LogP contribution in [0.1, 0.15) is 50.6 Å². The van der Waals surface area contributed by atoms with Gasteiger partial charge in [0.05, 0.1) is 18.0 Å². The molecule has 5 heteroatoms. The summed E-state index contributed by atoms with van der Waals surface area (Å²) in [6, 6.07) is 17.4. The van der Waals surface area contributed by atoms with Crippen LogP contribution in [-0.4, -0.2) is 21.3 Å². The van der Waals surface area contributed by atoms with E-state index >= 15 is 0 Å². The van der Waals surface area contributed by atoms with Crippen molar-refractivity contribution in [1.82, 2.24) is 9.97 Å². The molecule has 0 aliphatic carbocycles. The normalized spacial score (nSPS) is 10.1. The van der Waals surface area contributed by atoms with Gasteiger partial charge < -0.3 is 15.8 Å². The van der Waals surface area contributed by atoms with Gasteiger partial charge in [-0.15, -0.1) is 0 Å². The summed E-state index contributed by atoms with van der Waals surface area (Å²) in [5, 5.41) is 20.2. The van der Waals surface area contributed by atoms with Gasteiger partial charge in [-0.3, -0.25) is 4.98 Å². The molecule has 0 saturated carbocycles. The van der Waals surface area contributed by atoms with Gasteiger partial charge >= 0.3 is 0 Å². The van der Waals surface area contributed by atoms with Crippen molar-refractivity contribution in [1.29, 1.82) is 5.41 Å². The highest BCUT2D eigenvalue weighted by Gasteiger charge is 2.08. The van der Waals surface area contributed by atoms with E-state index in [-0.39, 0.29) is 6.61 Å². The third-order valence-corrected chi connectivity index (χ3v) is 4.33. The van der Waals surface area contributed by atoms with E-state index in [0.29, 0.717) is 11.5 Å². The summed E-state index contributed by atoms with van der Waals surface area (Å²) in [5.74, 6) is 0.631. The molecule has 0 saturated heterocycles. The fourth-order valence-electron chi connectivity index (χ4n) is 2.86. The average Bonchev–Trinajstić information content (AvgIpc) is 2.79. The maximum atomic E-state index is 9.27. The molecule has 0 atom stereocenters. The number of pyridine rings is 2. The van der Waals surface area contributed by atoms with E-state index in [0.717, 1.165) is 47.5 Å². The van der Waals surface area contributed by atoms with Crippen LogP contribution in [0.4, 0.5) is 11.5 Å². The maximum absolute atomic E-state index is 9.27. The summed E-state index contributed by atoms with van der Waals surface area (Å²) < 4.78 is 0. The van der Waals surface area contributed by atoms with Crippen LogP contribution in [0.2, 0.25) is 0 Å². The molecule has 3 aromatic rings. The fourth-order valence-corrected chi connectivity index (χ4v) is 2.86. The second-order valence-electron chi connectivity index (χ2n) is 6.36. The first-order valence-corrected chi connectivity index (χ1v) is 10.2. The summed E-state index contributed by atoms with van der Waals surface area (Å²) in [4.78, 5) is 9.14. The number of hydrogen-bond donors (Lipinski definition) is 3. The van der Waals surface area contributed by atoms with Gasteiger partial charge in [0.2, 0.25) is 0 Å². The SMILES string of the molecule is CC.CCCCc1cccc(-c2ccc(C=N)c(Nc3cccc(CO)n3)c2)n1. The monoisotopic (exact) mass is 390 g/mol. The van der Waals surface area contributed by atoms with Crippen molar-refractivity contribution in [3.63, 3.8) is 0 Å². The van der Waals surface area contributed by atoms with Gasteiger partial charge in [0, 0.05) is 28.7 Å². The van der Waals surface area contributed by atoms with Gasteiger partial charge in [0.15, 0.2) is 0 Å². The van der Waals surface area contributed by atoms with E-state index in [2.05, 4.69) is 23.3 Å². The number of hydrogen-bond acceptors (Lipinski definition) is 5. The smallest absolute Gasteiger partial charge is 0.130 e. The largest absolute Gasteiger partial charge is 0.390 e. The standard InChI is InChI=1S/C22H24N4O.C2H6/c1-2-3-6-18-7-4-9-20(24-18)16-11-12-17(14-23)21(13-16)26-22-10-5-8-19(15-27)25-22;1-2/h4-5,7-14,23,27H,2-3,6,15H2,1H3,(H,25,26);1-2H3. The number of aryl methyl sites for hydroxylation is 1. The first-order valence-electron chi connectivity index (χ1n) is 10.2. The third-order valence-electron chi connectivity index (χ3n) is 4.33. The Morgan fingerprint density at radius 2 is 1.76 bits per heavy atom. The van der Waals surface area contributed by atoms with E-state index in [9.17, 15) is 5.11 Å². The summed E-state index contributed by atoms with van der Waals surface area (Å²) in [6.07, 6.45) is 4.57. The molecular formula is C24H30N4O. The highest BCUT2D eigenvalue weighted by atomic mass is 16.3. The van der Waals surface area contributed by atoms with Crippen LogP contribution in [0, 0.1) is 5.41 Å². The highest BCUT2D eigenvalue weighted by Crippen LogP contribution is 2.26. The van der Waals surface area contributed by atoms with Crippen LogP contribution in [0.5, 0.6) is 0 Å². The molecule has 3 rings (SSSR count). The fraction of sp³-hybridized carbons (Fsp3) is 0.292. The Kier molecular flexibility index (Phi) is 8.99. The third kappa shape index (κ3) is 6.22. The van der Waals surface area contributed by atoms with Gasteiger partial charge in [0.1, 0.15) is 5.82 Å². The average molecular weight is 391 g/mol. The van der Waals surface area contributed by atoms with E-state index in [1.54, 1.807) is 6.07 Å². The lowest BCUT2D eigenvalue weighted by Crippen LogP contribution is -2.00. The van der Waals surface area contributed by atoms with Gasteiger partial charge in [-0.05, 0) is 43.2 Å². The second-order valence-corrected chi connectivity index (χ2v) is 6.36. The lowest BCUT2D eigenvalue weighted by Gasteiger charge is -2.12. The van der Waals surface area contributed by atoms with Crippen molar-refractivity contribution in [2.75, 3.05) is 5.32 Å². The van der Waals surface area contributed by atoms with Crippen LogP contribution in [0.15, 0.2) is 54.6 Å². The van der Waals surface area contributed by atoms with Crippen molar-refractivity contribution in [3.05, 3.63) is 71.5 Å². The zero-order chi connectivity index (χ0) is 21.1. The van der Waals surface area contributed by atoms with Crippen LogP contribution >= 0.6 is 0 Å². The molecule has 0 fully saturated rings. The summed E-state index contributed by atoms with van der Waals surface area (Å²) in [7, 11) is 0. The summed E-state index contributed by atoms with van der Waals surface area (Å²) >= 11 is 0. The molecule has 1 aromatic carbocycles. The number of aliphatic hydroxyl groups excluding tert-OH is 1. The van der Waals surface area contributed by atoms with Crippen molar-refractivity contribution < 1.29 is 5.11 Å². The van der Waals surface area contributed by atoms with Crippen LogP contribution in [0.25, 0.3) is 11.3 Å². The number of nitrogens with one attached hydrogen (secondary N) is 2. The molecule has 5 nitrogen and oxygen atoms in total. The number of rotatable bonds is 8. The number of benzene rings is 1. The molecule has 0 amide bonds. The lowest BCUT2D eigenvalue weighted by atomic mass is 10.1. The molecule has 0 radical (unpaired) electrons. The number of aliphatic hydroxyl groups is 1. The predicted molar refractivity (Wildman–Crippen MR) is 121 cm³/mol.